The molecular weight excluding hydrogens is 428 g/mol. The molecule has 0 spiro atoms. The minimum Gasteiger partial charge on any atom is -0.330 e. The lowest BCUT2D eigenvalue weighted by Gasteiger charge is -2.38. The molecule has 0 radical (unpaired) electrons. The average molecular weight is 455 g/mol. The van der Waals surface area contributed by atoms with Crippen LogP contribution in [0.25, 0.3) is 0 Å². The standard InChI is InChI=1S/C24H26N2O3S2/c1-3-25(31(28,29)19-10-5-4-6-11-19)17-23(27)26-15-13-22-21(14-16-30-22)24(26)20-12-8-7-9-18(20)2/h4-12,14,16,24H,3,13,15,17H2,1-2H3. The van der Waals surface area contributed by atoms with E-state index in [2.05, 4.69) is 30.5 Å². The second-order valence-corrected chi connectivity index (χ2v) is 10.6. The zero-order chi connectivity index (χ0) is 22.0. The van der Waals surface area contributed by atoms with Crippen molar-refractivity contribution in [2.45, 2.75) is 31.2 Å². The number of sulfonamides is 1. The third-order valence-corrected chi connectivity index (χ3v) is 8.75. The Hall–Kier alpha value is -2.48. The van der Waals surface area contributed by atoms with Gasteiger partial charge < -0.3 is 4.90 Å². The Balaban J connectivity index is 1.66. The number of carbonyl (C=O) groups is 1. The van der Waals surface area contributed by atoms with Gasteiger partial charge in [0.15, 0.2) is 0 Å². The summed E-state index contributed by atoms with van der Waals surface area (Å²) >= 11 is 1.72. The summed E-state index contributed by atoms with van der Waals surface area (Å²) in [5.41, 5.74) is 3.35. The van der Waals surface area contributed by atoms with Crippen molar-refractivity contribution in [3.05, 3.63) is 87.6 Å². The van der Waals surface area contributed by atoms with Crippen LogP contribution in [0, 0.1) is 6.92 Å². The van der Waals surface area contributed by atoms with Crippen molar-refractivity contribution in [2.75, 3.05) is 19.6 Å². The molecule has 7 heteroatoms. The molecule has 0 saturated carbocycles. The number of benzene rings is 2. The summed E-state index contributed by atoms with van der Waals surface area (Å²) in [6, 6.07) is 18.3. The maximum Gasteiger partial charge on any atom is 0.243 e. The largest absolute Gasteiger partial charge is 0.330 e. The predicted molar refractivity (Wildman–Crippen MR) is 124 cm³/mol. The van der Waals surface area contributed by atoms with E-state index < -0.39 is 10.0 Å². The number of likely N-dealkylation sites (N-methyl/N-ethyl adjacent to an activating group) is 1. The van der Waals surface area contributed by atoms with Crippen molar-refractivity contribution in [1.29, 1.82) is 0 Å². The first-order chi connectivity index (χ1) is 14.9. The van der Waals surface area contributed by atoms with E-state index in [4.69, 9.17) is 0 Å². The normalized spacial score (nSPS) is 16.4. The monoisotopic (exact) mass is 454 g/mol. The summed E-state index contributed by atoms with van der Waals surface area (Å²) in [6.07, 6.45) is 0.790. The number of hydrogen-bond donors (Lipinski definition) is 0. The Morgan fingerprint density at radius 2 is 1.77 bits per heavy atom. The Bertz CT molecular complexity index is 1170. The van der Waals surface area contributed by atoms with Crippen LogP contribution in [0.3, 0.4) is 0 Å². The first-order valence-electron chi connectivity index (χ1n) is 10.4. The highest BCUT2D eigenvalue weighted by molar-refractivity contribution is 7.89. The highest BCUT2D eigenvalue weighted by atomic mass is 32.2. The summed E-state index contributed by atoms with van der Waals surface area (Å²) in [5.74, 6) is -0.175. The topological polar surface area (TPSA) is 57.7 Å². The molecule has 1 atom stereocenters. The highest BCUT2D eigenvalue weighted by Crippen LogP contribution is 2.39. The van der Waals surface area contributed by atoms with E-state index in [1.807, 2.05) is 17.0 Å². The van der Waals surface area contributed by atoms with Gasteiger partial charge in [-0.2, -0.15) is 4.31 Å². The molecule has 0 bridgehead atoms. The molecule has 3 aromatic rings. The predicted octanol–water partition coefficient (Wildman–Crippen LogP) is 4.24. The van der Waals surface area contributed by atoms with Crippen LogP contribution >= 0.6 is 11.3 Å². The highest BCUT2D eigenvalue weighted by Gasteiger charge is 2.35. The number of amides is 1. The molecule has 1 unspecified atom stereocenters. The van der Waals surface area contributed by atoms with Crippen LogP contribution in [0.15, 0.2) is 70.9 Å². The molecule has 1 aliphatic heterocycles. The number of hydrogen-bond acceptors (Lipinski definition) is 4. The fourth-order valence-electron chi connectivity index (χ4n) is 4.16. The lowest BCUT2D eigenvalue weighted by Crippen LogP contribution is -2.46. The van der Waals surface area contributed by atoms with E-state index >= 15 is 0 Å². The number of fused-ring (bicyclic) bond motifs is 1. The molecule has 162 valence electrons. The van der Waals surface area contributed by atoms with Gasteiger partial charge in [0.2, 0.25) is 15.9 Å². The lowest BCUT2D eigenvalue weighted by molar-refractivity contribution is -0.133. The van der Waals surface area contributed by atoms with Crippen LogP contribution in [0.5, 0.6) is 0 Å². The molecule has 0 saturated heterocycles. The van der Waals surface area contributed by atoms with Crippen molar-refractivity contribution in [2.24, 2.45) is 0 Å². The number of carbonyl (C=O) groups excluding carboxylic acids is 1. The number of aryl methyl sites for hydroxylation is 1. The summed E-state index contributed by atoms with van der Waals surface area (Å²) in [7, 11) is -3.74. The Labute approximate surface area is 188 Å². The van der Waals surface area contributed by atoms with Crippen LogP contribution in [-0.4, -0.2) is 43.2 Å². The van der Waals surface area contributed by atoms with E-state index in [1.54, 1.807) is 48.6 Å². The third-order valence-electron chi connectivity index (χ3n) is 5.81. The van der Waals surface area contributed by atoms with Crippen molar-refractivity contribution >= 4 is 27.3 Å². The number of nitrogens with zero attached hydrogens (tertiary/aromatic N) is 2. The minimum absolute atomic E-state index is 0.171. The lowest BCUT2D eigenvalue weighted by atomic mass is 9.90. The maximum atomic E-state index is 13.5. The zero-order valence-corrected chi connectivity index (χ0v) is 19.3. The molecule has 0 N–H and O–H groups in total. The molecule has 1 amide bonds. The summed E-state index contributed by atoms with van der Waals surface area (Å²) in [6.45, 7) is 4.45. The Morgan fingerprint density at radius 1 is 1.06 bits per heavy atom. The van der Waals surface area contributed by atoms with E-state index in [-0.39, 0.29) is 29.9 Å². The average Bonchev–Trinajstić information content (AvgIpc) is 3.26. The van der Waals surface area contributed by atoms with Gasteiger partial charge in [0, 0.05) is 18.0 Å². The summed E-state index contributed by atoms with van der Waals surface area (Å²) < 4.78 is 27.5. The molecule has 2 heterocycles. The van der Waals surface area contributed by atoms with Gasteiger partial charge in [0.25, 0.3) is 0 Å². The van der Waals surface area contributed by atoms with E-state index in [9.17, 15) is 13.2 Å². The molecule has 4 rings (SSSR count). The van der Waals surface area contributed by atoms with Crippen LogP contribution in [0.1, 0.15) is 34.5 Å². The van der Waals surface area contributed by atoms with E-state index in [0.717, 1.165) is 23.1 Å². The maximum absolute atomic E-state index is 13.5. The third kappa shape index (κ3) is 4.18. The first-order valence-corrected chi connectivity index (χ1v) is 12.7. The van der Waals surface area contributed by atoms with Crippen LogP contribution in [0.2, 0.25) is 0 Å². The molecule has 1 aliphatic rings. The van der Waals surface area contributed by atoms with Crippen molar-refractivity contribution in [3.63, 3.8) is 0 Å². The van der Waals surface area contributed by atoms with Crippen LogP contribution in [0.4, 0.5) is 0 Å². The summed E-state index contributed by atoms with van der Waals surface area (Å²) in [4.78, 5) is 16.8. The van der Waals surface area contributed by atoms with Crippen LogP contribution in [-0.2, 0) is 21.2 Å². The van der Waals surface area contributed by atoms with E-state index in [1.165, 1.54) is 9.18 Å². The van der Waals surface area contributed by atoms with Crippen LogP contribution < -0.4 is 0 Å². The Morgan fingerprint density at radius 3 is 2.48 bits per heavy atom. The van der Waals surface area contributed by atoms with Gasteiger partial charge in [-0.1, -0.05) is 49.4 Å². The fourth-order valence-corrected chi connectivity index (χ4v) is 6.49. The molecule has 1 aromatic heterocycles. The Kier molecular flexibility index (Phi) is 6.27. The molecule has 5 nitrogen and oxygen atoms in total. The fraction of sp³-hybridized carbons (Fsp3) is 0.292. The first kappa shape index (κ1) is 21.7. The quantitative estimate of drug-likeness (QED) is 0.560. The SMILES string of the molecule is CCN(CC(=O)N1CCc2sccc2C1c1ccccc1C)S(=O)(=O)c1ccccc1. The minimum atomic E-state index is -3.74. The number of rotatable bonds is 6. The molecule has 31 heavy (non-hydrogen) atoms. The second-order valence-electron chi connectivity index (χ2n) is 7.64. The summed E-state index contributed by atoms with van der Waals surface area (Å²) in [5, 5.41) is 2.07. The smallest absolute Gasteiger partial charge is 0.243 e. The molecule has 0 fully saturated rings. The molecule has 2 aromatic carbocycles. The van der Waals surface area contributed by atoms with Crippen molar-refractivity contribution < 1.29 is 13.2 Å². The van der Waals surface area contributed by atoms with Gasteiger partial charge in [0.1, 0.15) is 0 Å². The van der Waals surface area contributed by atoms with Crippen molar-refractivity contribution in [3.8, 4) is 0 Å². The number of thiophene rings is 1. The van der Waals surface area contributed by atoms with Gasteiger partial charge in [-0.05, 0) is 53.6 Å². The van der Waals surface area contributed by atoms with Gasteiger partial charge in [-0.15, -0.1) is 11.3 Å². The van der Waals surface area contributed by atoms with Crippen molar-refractivity contribution in [1.82, 2.24) is 9.21 Å². The van der Waals surface area contributed by atoms with E-state index in [0.29, 0.717) is 6.54 Å². The molecule has 0 aliphatic carbocycles. The molecular formula is C24H26N2O3S2. The van der Waals surface area contributed by atoms with Gasteiger partial charge in [-0.3, -0.25) is 4.79 Å². The zero-order valence-electron chi connectivity index (χ0n) is 17.7. The van der Waals surface area contributed by atoms with Gasteiger partial charge in [-0.25, -0.2) is 8.42 Å². The van der Waals surface area contributed by atoms with Gasteiger partial charge >= 0.3 is 0 Å². The van der Waals surface area contributed by atoms with Gasteiger partial charge in [0.05, 0.1) is 17.5 Å². The second kappa shape index (κ2) is 8.94.